The molecule has 0 unspecified atom stereocenters. The van der Waals surface area contributed by atoms with E-state index in [9.17, 15) is 17.2 Å². The van der Waals surface area contributed by atoms with Gasteiger partial charge in [-0.3, -0.25) is 4.72 Å². The Morgan fingerprint density at radius 3 is 2.35 bits per heavy atom. The first-order valence-corrected chi connectivity index (χ1v) is 7.47. The van der Waals surface area contributed by atoms with Gasteiger partial charge >= 0.3 is 0 Å². The van der Waals surface area contributed by atoms with Crippen LogP contribution in [0, 0.1) is 11.6 Å². The second-order valence-electron chi connectivity index (χ2n) is 3.78. The van der Waals surface area contributed by atoms with Crippen molar-refractivity contribution in [3.8, 4) is 0 Å². The van der Waals surface area contributed by atoms with Crippen molar-refractivity contribution in [2.45, 2.75) is 4.90 Å². The first-order valence-electron chi connectivity index (χ1n) is 5.23. The molecule has 0 spiro atoms. The summed E-state index contributed by atoms with van der Waals surface area (Å²) in [7, 11) is -4.22. The molecule has 8 heteroatoms. The lowest BCUT2D eigenvalue weighted by atomic mass is 10.3. The number of benzene rings is 2. The van der Waals surface area contributed by atoms with Crippen molar-refractivity contribution < 1.29 is 17.2 Å². The van der Waals surface area contributed by atoms with Crippen LogP contribution in [0.1, 0.15) is 0 Å². The minimum atomic E-state index is -4.22. The summed E-state index contributed by atoms with van der Waals surface area (Å²) in [6.45, 7) is 0. The van der Waals surface area contributed by atoms with Crippen molar-refractivity contribution in [3.63, 3.8) is 0 Å². The molecule has 0 bridgehead atoms. The minimum absolute atomic E-state index is 0.0626. The molecular weight excluding hydrogens is 331 g/mol. The Morgan fingerprint density at radius 2 is 1.70 bits per heavy atom. The highest BCUT2D eigenvalue weighted by Crippen LogP contribution is 2.27. The Kier molecular flexibility index (Phi) is 4.17. The highest BCUT2D eigenvalue weighted by atomic mass is 35.5. The van der Waals surface area contributed by atoms with E-state index < -0.39 is 26.6 Å². The summed E-state index contributed by atoms with van der Waals surface area (Å²) in [6.07, 6.45) is 0. The van der Waals surface area contributed by atoms with Gasteiger partial charge in [-0.1, -0.05) is 29.3 Å². The SMILES string of the molecule is O=S(=O)(Nc1ccc(F)cc1Cl)c1cccc(Cl)c1F. The van der Waals surface area contributed by atoms with Gasteiger partial charge in [-0.25, -0.2) is 17.2 Å². The zero-order valence-electron chi connectivity index (χ0n) is 9.70. The summed E-state index contributed by atoms with van der Waals surface area (Å²) < 4.78 is 52.8. The van der Waals surface area contributed by atoms with Crippen molar-refractivity contribution in [2.24, 2.45) is 0 Å². The monoisotopic (exact) mass is 337 g/mol. The predicted octanol–water partition coefficient (Wildman–Crippen LogP) is 4.07. The van der Waals surface area contributed by atoms with Gasteiger partial charge in [0.25, 0.3) is 10.0 Å². The van der Waals surface area contributed by atoms with E-state index in [0.717, 1.165) is 24.3 Å². The van der Waals surface area contributed by atoms with Gasteiger partial charge in [0.1, 0.15) is 10.7 Å². The van der Waals surface area contributed by atoms with E-state index in [1.54, 1.807) is 0 Å². The summed E-state index contributed by atoms with van der Waals surface area (Å²) in [4.78, 5) is -0.620. The molecule has 20 heavy (non-hydrogen) atoms. The number of sulfonamides is 1. The highest BCUT2D eigenvalue weighted by Gasteiger charge is 2.21. The lowest BCUT2D eigenvalue weighted by Crippen LogP contribution is -2.15. The molecule has 0 fully saturated rings. The third-order valence-electron chi connectivity index (χ3n) is 2.38. The van der Waals surface area contributed by atoms with Crippen molar-refractivity contribution >= 4 is 38.9 Å². The molecule has 1 N–H and O–H groups in total. The third kappa shape index (κ3) is 3.03. The first-order chi connectivity index (χ1) is 9.31. The molecule has 0 aliphatic carbocycles. The van der Waals surface area contributed by atoms with Gasteiger partial charge in [0, 0.05) is 0 Å². The largest absolute Gasteiger partial charge is 0.278 e. The Labute approximate surface area is 124 Å². The summed E-state index contributed by atoms with van der Waals surface area (Å²) in [5, 5.41) is -0.464. The molecule has 2 rings (SSSR count). The third-order valence-corrected chi connectivity index (χ3v) is 4.37. The normalized spacial score (nSPS) is 11.4. The van der Waals surface area contributed by atoms with Crippen molar-refractivity contribution in [1.29, 1.82) is 0 Å². The molecule has 0 atom stereocenters. The molecule has 0 aliphatic rings. The van der Waals surface area contributed by atoms with Gasteiger partial charge in [0.05, 0.1) is 15.7 Å². The molecule has 2 aromatic carbocycles. The van der Waals surface area contributed by atoms with Crippen molar-refractivity contribution in [3.05, 3.63) is 58.1 Å². The smallest absolute Gasteiger partial charge is 0.264 e. The van der Waals surface area contributed by atoms with Crippen LogP contribution in [0.2, 0.25) is 10.0 Å². The number of hydrogen-bond donors (Lipinski definition) is 1. The van der Waals surface area contributed by atoms with Crippen molar-refractivity contribution in [1.82, 2.24) is 0 Å². The van der Waals surface area contributed by atoms with Crippen LogP contribution in [0.15, 0.2) is 41.3 Å². The maximum atomic E-state index is 13.7. The van der Waals surface area contributed by atoms with Gasteiger partial charge in [-0.05, 0) is 30.3 Å². The topological polar surface area (TPSA) is 46.2 Å². The number of anilines is 1. The van der Waals surface area contributed by atoms with Crippen LogP contribution in [-0.4, -0.2) is 8.42 Å². The van der Waals surface area contributed by atoms with E-state index in [-0.39, 0.29) is 15.7 Å². The molecular formula is C12H7Cl2F2NO2S. The Hall–Kier alpha value is -1.37. The van der Waals surface area contributed by atoms with Gasteiger partial charge in [-0.2, -0.15) is 0 Å². The average Bonchev–Trinajstić information content (AvgIpc) is 2.36. The van der Waals surface area contributed by atoms with Gasteiger partial charge in [0.2, 0.25) is 0 Å². The summed E-state index contributed by atoms with van der Waals surface area (Å²) in [6, 6.07) is 6.68. The van der Waals surface area contributed by atoms with Crippen LogP contribution in [0.3, 0.4) is 0 Å². The number of nitrogens with one attached hydrogen (secondary N) is 1. The van der Waals surface area contributed by atoms with E-state index >= 15 is 0 Å². The molecule has 0 aliphatic heterocycles. The van der Waals surface area contributed by atoms with Crippen molar-refractivity contribution in [2.75, 3.05) is 4.72 Å². The van der Waals surface area contributed by atoms with E-state index in [4.69, 9.17) is 23.2 Å². The molecule has 0 amide bonds. The van der Waals surface area contributed by atoms with Crippen LogP contribution in [0.5, 0.6) is 0 Å². The Bertz CT molecular complexity index is 766. The summed E-state index contributed by atoms with van der Waals surface area (Å²) >= 11 is 11.2. The lowest BCUT2D eigenvalue weighted by Gasteiger charge is -2.10. The minimum Gasteiger partial charge on any atom is -0.278 e. The molecule has 0 radical (unpaired) electrons. The zero-order valence-corrected chi connectivity index (χ0v) is 12.0. The van der Waals surface area contributed by atoms with E-state index in [0.29, 0.717) is 0 Å². The van der Waals surface area contributed by atoms with Gasteiger partial charge in [-0.15, -0.1) is 0 Å². The van der Waals surface area contributed by atoms with Gasteiger partial charge < -0.3 is 0 Å². The van der Waals surface area contributed by atoms with E-state index in [1.165, 1.54) is 12.1 Å². The van der Waals surface area contributed by atoms with Crippen LogP contribution < -0.4 is 4.72 Å². The summed E-state index contributed by atoms with van der Waals surface area (Å²) in [5.74, 6) is -1.69. The summed E-state index contributed by atoms with van der Waals surface area (Å²) in [5.41, 5.74) is -0.0626. The standard InChI is InChI=1S/C12H7Cl2F2NO2S/c13-8-2-1-3-11(12(8)16)20(18,19)17-10-5-4-7(15)6-9(10)14/h1-6,17H. The predicted molar refractivity (Wildman–Crippen MR) is 73.6 cm³/mol. The van der Waals surface area contributed by atoms with Crippen LogP contribution >= 0.6 is 23.2 Å². The maximum absolute atomic E-state index is 13.7. The van der Waals surface area contributed by atoms with Crippen LogP contribution in [-0.2, 0) is 10.0 Å². The zero-order chi connectivity index (χ0) is 14.9. The lowest BCUT2D eigenvalue weighted by molar-refractivity contribution is 0.570. The molecule has 3 nitrogen and oxygen atoms in total. The first kappa shape index (κ1) is 15.0. The number of hydrogen-bond acceptors (Lipinski definition) is 2. The second-order valence-corrected chi connectivity index (χ2v) is 6.25. The fourth-order valence-corrected chi connectivity index (χ4v) is 3.15. The maximum Gasteiger partial charge on any atom is 0.264 e. The van der Waals surface area contributed by atoms with Gasteiger partial charge in [0.15, 0.2) is 5.82 Å². The molecule has 0 heterocycles. The van der Waals surface area contributed by atoms with Crippen LogP contribution in [0.25, 0.3) is 0 Å². The quantitative estimate of drug-likeness (QED) is 0.917. The van der Waals surface area contributed by atoms with E-state index in [2.05, 4.69) is 4.72 Å². The van der Waals surface area contributed by atoms with E-state index in [1.807, 2.05) is 0 Å². The highest BCUT2D eigenvalue weighted by molar-refractivity contribution is 7.92. The average molecular weight is 338 g/mol. The molecule has 106 valence electrons. The Morgan fingerprint density at radius 1 is 1.00 bits per heavy atom. The molecule has 0 saturated carbocycles. The Balaban J connectivity index is 2.44. The number of halogens is 4. The fourth-order valence-electron chi connectivity index (χ4n) is 1.46. The van der Waals surface area contributed by atoms with Crippen LogP contribution in [0.4, 0.5) is 14.5 Å². The second kappa shape index (κ2) is 5.55. The fraction of sp³-hybridized carbons (Fsp3) is 0. The molecule has 0 aromatic heterocycles. The molecule has 0 saturated heterocycles. The number of rotatable bonds is 3. The molecule has 2 aromatic rings.